The van der Waals surface area contributed by atoms with Crippen LogP contribution in [-0.4, -0.2) is 16.1 Å². The van der Waals surface area contributed by atoms with Gasteiger partial charge in [0.25, 0.3) is 0 Å². The molecule has 1 fully saturated rings. The van der Waals surface area contributed by atoms with Crippen molar-refractivity contribution in [1.29, 1.82) is 0 Å². The van der Waals surface area contributed by atoms with Crippen LogP contribution in [0.15, 0.2) is 12.5 Å². The third-order valence-electron chi connectivity index (χ3n) is 4.20. The average Bonchev–Trinajstić information content (AvgIpc) is 2.87. The number of rotatable bonds is 4. The molecule has 3 nitrogen and oxygen atoms in total. The molecule has 0 aromatic carbocycles. The summed E-state index contributed by atoms with van der Waals surface area (Å²) in [6.07, 6.45) is 7.94. The van der Waals surface area contributed by atoms with Crippen LogP contribution < -0.4 is 5.73 Å². The van der Waals surface area contributed by atoms with Crippen LogP contribution >= 0.6 is 0 Å². The summed E-state index contributed by atoms with van der Waals surface area (Å²) in [5.74, 6) is 1.87. The summed E-state index contributed by atoms with van der Waals surface area (Å²) in [7, 11) is 0. The Hall–Kier alpha value is -0.830. The fourth-order valence-corrected chi connectivity index (χ4v) is 3.07. The second-order valence-electron chi connectivity index (χ2n) is 5.88. The number of hydrogen-bond donors (Lipinski definition) is 1. The van der Waals surface area contributed by atoms with Crippen LogP contribution in [-0.2, 0) is 0 Å². The number of hydrogen-bond acceptors (Lipinski definition) is 2. The Labute approximate surface area is 104 Å². The maximum absolute atomic E-state index is 5.92. The van der Waals surface area contributed by atoms with Gasteiger partial charge in [-0.05, 0) is 31.1 Å². The lowest BCUT2D eigenvalue weighted by atomic mass is 9.92. The van der Waals surface area contributed by atoms with Gasteiger partial charge < -0.3 is 10.3 Å². The molecule has 0 spiro atoms. The van der Waals surface area contributed by atoms with Crippen LogP contribution in [0, 0.1) is 11.8 Å². The van der Waals surface area contributed by atoms with Crippen molar-refractivity contribution in [2.24, 2.45) is 17.6 Å². The van der Waals surface area contributed by atoms with E-state index in [1.165, 1.54) is 25.0 Å². The molecule has 0 saturated heterocycles. The van der Waals surface area contributed by atoms with Crippen molar-refractivity contribution in [2.75, 3.05) is 6.54 Å². The van der Waals surface area contributed by atoms with Crippen molar-refractivity contribution >= 4 is 0 Å². The predicted octanol–water partition coefficient (Wildman–Crippen LogP) is 2.94. The molecule has 1 aliphatic carbocycles. The van der Waals surface area contributed by atoms with E-state index in [0.29, 0.717) is 24.4 Å². The molecular formula is C14H25N3. The summed E-state index contributed by atoms with van der Waals surface area (Å²) >= 11 is 0. The average molecular weight is 235 g/mol. The highest BCUT2D eigenvalue weighted by Crippen LogP contribution is 2.36. The normalized spacial score (nSPS) is 26.6. The first-order chi connectivity index (χ1) is 8.13. The first-order valence-corrected chi connectivity index (χ1v) is 6.85. The molecular weight excluding hydrogens is 210 g/mol. The van der Waals surface area contributed by atoms with Gasteiger partial charge in [-0.1, -0.05) is 20.8 Å². The Balaban J connectivity index is 2.21. The quantitative estimate of drug-likeness (QED) is 0.872. The van der Waals surface area contributed by atoms with Crippen molar-refractivity contribution in [1.82, 2.24) is 9.55 Å². The third kappa shape index (κ3) is 2.54. The molecule has 2 N–H and O–H groups in total. The van der Waals surface area contributed by atoms with E-state index >= 15 is 0 Å². The molecule has 3 atom stereocenters. The van der Waals surface area contributed by atoms with Crippen LogP contribution in [0.25, 0.3) is 0 Å². The second-order valence-corrected chi connectivity index (χ2v) is 5.88. The van der Waals surface area contributed by atoms with Crippen LogP contribution in [0.4, 0.5) is 0 Å². The standard InChI is InChI=1S/C14H25N3/c1-10(2)13(7-15)14-8-16-9-17(14)12-5-4-11(3)6-12/h8-13H,4-7,15H2,1-3H3. The van der Waals surface area contributed by atoms with Crippen LogP contribution in [0.3, 0.4) is 0 Å². The van der Waals surface area contributed by atoms with Gasteiger partial charge >= 0.3 is 0 Å². The van der Waals surface area contributed by atoms with E-state index in [4.69, 9.17) is 5.73 Å². The minimum Gasteiger partial charge on any atom is -0.331 e. The van der Waals surface area contributed by atoms with Gasteiger partial charge in [-0.2, -0.15) is 0 Å². The van der Waals surface area contributed by atoms with Gasteiger partial charge in [-0.25, -0.2) is 4.98 Å². The maximum atomic E-state index is 5.92. The molecule has 1 aromatic rings. The summed E-state index contributed by atoms with van der Waals surface area (Å²) in [6.45, 7) is 7.55. The fourth-order valence-electron chi connectivity index (χ4n) is 3.07. The van der Waals surface area contributed by atoms with Gasteiger partial charge in [0, 0.05) is 30.4 Å². The molecule has 1 saturated carbocycles. The number of nitrogens with two attached hydrogens (primary N) is 1. The van der Waals surface area contributed by atoms with E-state index in [9.17, 15) is 0 Å². The minimum absolute atomic E-state index is 0.438. The van der Waals surface area contributed by atoms with Gasteiger partial charge in [0.2, 0.25) is 0 Å². The Morgan fingerprint density at radius 3 is 2.76 bits per heavy atom. The van der Waals surface area contributed by atoms with Crippen molar-refractivity contribution in [3.05, 3.63) is 18.2 Å². The van der Waals surface area contributed by atoms with Gasteiger partial charge in [-0.3, -0.25) is 0 Å². The van der Waals surface area contributed by atoms with Crippen molar-refractivity contribution in [3.8, 4) is 0 Å². The number of nitrogens with zero attached hydrogens (tertiary/aromatic N) is 2. The molecule has 2 rings (SSSR count). The molecule has 0 aliphatic heterocycles. The first kappa shape index (κ1) is 12.6. The zero-order chi connectivity index (χ0) is 12.4. The lowest BCUT2D eigenvalue weighted by Crippen LogP contribution is -2.22. The largest absolute Gasteiger partial charge is 0.331 e. The minimum atomic E-state index is 0.438. The molecule has 17 heavy (non-hydrogen) atoms. The molecule has 1 heterocycles. The SMILES string of the molecule is CC1CCC(n2cncc2C(CN)C(C)C)C1. The molecule has 1 aromatic heterocycles. The van der Waals surface area contributed by atoms with E-state index in [-0.39, 0.29) is 0 Å². The Bertz CT molecular complexity index is 356. The summed E-state index contributed by atoms with van der Waals surface area (Å²) < 4.78 is 2.39. The van der Waals surface area contributed by atoms with E-state index in [2.05, 4.69) is 30.3 Å². The van der Waals surface area contributed by atoms with Gasteiger partial charge in [-0.15, -0.1) is 0 Å². The van der Waals surface area contributed by atoms with Crippen LogP contribution in [0.1, 0.15) is 57.7 Å². The third-order valence-corrected chi connectivity index (χ3v) is 4.20. The Morgan fingerprint density at radius 1 is 1.47 bits per heavy atom. The Kier molecular flexibility index (Phi) is 3.87. The summed E-state index contributed by atoms with van der Waals surface area (Å²) in [6, 6.07) is 0.648. The molecule has 3 heteroatoms. The highest BCUT2D eigenvalue weighted by molar-refractivity contribution is 5.10. The molecule has 96 valence electrons. The highest BCUT2D eigenvalue weighted by Gasteiger charge is 2.27. The molecule has 0 bridgehead atoms. The van der Waals surface area contributed by atoms with Gasteiger partial charge in [0.1, 0.15) is 0 Å². The summed E-state index contributed by atoms with van der Waals surface area (Å²) in [5, 5.41) is 0. The van der Waals surface area contributed by atoms with Crippen molar-refractivity contribution < 1.29 is 0 Å². The highest BCUT2D eigenvalue weighted by atomic mass is 15.1. The predicted molar refractivity (Wildman–Crippen MR) is 70.9 cm³/mol. The topological polar surface area (TPSA) is 43.8 Å². The molecule has 1 aliphatic rings. The van der Waals surface area contributed by atoms with Gasteiger partial charge in [0.05, 0.1) is 6.33 Å². The van der Waals surface area contributed by atoms with E-state index in [1.54, 1.807) is 0 Å². The monoisotopic (exact) mass is 235 g/mol. The number of imidazole rings is 1. The van der Waals surface area contributed by atoms with Crippen molar-refractivity contribution in [2.45, 2.75) is 52.0 Å². The van der Waals surface area contributed by atoms with Crippen LogP contribution in [0.5, 0.6) is 0 Å². The zero-order valence-corrected chi connectivity index (χ0v) is 11.3. The van der Waals surface area contributed by atoms with E-state index in [1.807, 2.05) is 12.5 Å². The first-order valence-electron chi connectivity index (χ1n) is 6.85. The fraction of sp³-hybridized carbons (Fsp3) is 0.786. The van der Waals surface area contributed by atoms with Gasteiger partial charge in [0.15, 0.2) is 0 Å². The summed E-state index contributed by atoms with van der Waals surface area (Å²) in [5.41, 5.74) is 7.25. The summed E-state index contributed by atoms with van der Waals surface area (Å²) in [4.78, 5) is 4.35. The maximum Gasteiger partial charge on any atom is 0.0950 e. The second kappa shape index (κ2) is 5.21. The molecule has 3 unspecified atom stereocenters. The number of aromatic nitrogens is 2. The lowest BCUT2D eigenvalue weighted by Gasteiger charge is -2.23. The Morgan fingerprint density at radius 2 is 2.24 bits per heavy atom. The lowest BCUT2D eigenvalue weighted by molar-refractivity contribution is 0.426. The van der Waals surface area contributed by atoms with Crippen molar-refractivity contribution in [3.63, 3.8) is 0 Å². The molecule has 0 amide bonds. The van der Waals surface area contributed by atoms with E-state index < -0.39 is 0 Å². The van der Waals surface area contributed by atoms with Crippen LogP contribution in [0.2, 0.25) is 0 Å². The van der Waals surface area contributed by atoms with E-state index in [0.717, 1.165) is 5.92 Å². The smallest absolute Gasteiger partial charge is 0.0950 e. The molecule has 0 radical (unpaired) electrons. The zero-order valence-electron chi connectivity index (χ0n) is 11.3.